The number of hydrogen-bond acceptors (Lipinski definition) is 3. The molecule has 1 aromatic rings. The second-order valence-electron chi connectivity index (χ2n) is 3.63. The van der Waals surface area contributed by atoms with Crippen molar-refractivity contribution in [2.75, 3.05) is 6.54 Å². The van der Waals surface area contributed by atoms with Crippen molar-refractivity contribution in [1.82, 2.24) is 9.44 Å². The van der Waals surface area contributed by atoms with Crippen molar-refractivity contribution in [2.45, 2.75) is 11.6 Å². The van der Waals surface area contributed by atoms with E-state index in [9.17, 15) is 25.8 Å². The third-order valence-electron chi connectivity index (χ3n) is 2.21. The number of nitrogens with one attached hydrogen (secondary N) is 2. The molecule has 0 aliphatic rings. The Hall–Kier alpha value is -1.01. The van der Waals surface area contributed by atoms with Crippen LogP contribution in [-0.2, 0) is 21.3 Å². The van der Waals surface area contributed by atoms with E-state index >= 15 is 0 Å². The molecule has 2 atom stereocenters. The lowest BCUT2D eigenvalue weighted by Crippen LogP contribution is -2.42. The molecule has 0 heterocycles. The molecular weight excluding hydrogens is 321 g/mol. The van der Waals surface area contributed by atoms with Crippen LogP contribution in [0.2, 0.25) is 0 Å². The van der Waals surface area contributed by atoms with Gasteiger partial charge in [0.15, 0.2) is 0 Å². The first-order chi connectivity index (χ1) is 9.13. The van der Waals surface area contributed by atoms with Gasteiger partial charge in [-0.1, -0.05) is 30.3 Å². The normalized spacial score (nSPS) is 15.8. The maximum absolute atomic E-state index is 12.3. The molecule has 11 heteroatoms. The molecule has 0 spiro atoms. The summed E-state index contributed by atoms with van der Waals surface area (Å²) in [4.78, 5) is 0. The summed E-state index contributed by atoms with van der Waals surface area (Å²) >= 11 is -2.48. The maximum Gasteiger partial charge on any atom is 0.511 e. The predicted octanol–water partition coefficient (Wildman–Crippen LogP) is 0.893. The van der Waals surface area contributed by atoms with Crippen LogP contribution in [0.3, 0.4) is 0 Å². The fourth-order valence-electron chi connectivity index (χ4n) is 1.32. The number of sulfonamides is 1. The van der Waals surface area contributed by atoms with Crippen LogP contribution >= 0.6 is 0 Å². The minimum Gasteiger partial charge on any atom is -0.294 e. The van der Waals surface area contributed by atoms with Gasteiger partial charge in [0.25, 0.3) is 0 Å². The Morgan fingerprint density at radius 1 is 1.25 bits per heavy atom. The summed E-state index contributed by atoms with van der Waals surface area (Å²) in [6, 6.07) is 6.05. The number of benzene rings is 1. The molecule has 0 fully saturated rings. The topological polar surface area (TPSA) is 95.5 Å². The zero-order chi connectivity index (χ0) is 15.4. The molecule has 0 saturated heterocycles. The van der Waals surface area contributed by atoms with E-state index in [1.165, 1.54) is 29.0 Å². The molecule has 1 rings (SSSR count). The predicted molar refractivity (Wildman–Crippen MR) is 66.1 cm³/mol. The Bertz CT molecular complexity index is 562. The minimum atomic E-state index is -5.56. The van der Waals surface area contributed by atoms with Gasteiger partial charge in [-0.3, -0.25) is 4.55 Å². The van der Waals surface area contributed by atoms with Crippen LogP contribution in [0.5, 0.6) is 0 Å². The van der Waals surface area contributed by atoms with Gasteiger partial charge in [0, 0.05) is 6.54 Å². The van der Waals surface area contributed by atoms with Crippen molar-refractivity contribution in [3.8, 4) is 0 Å². The summed E-state index contributed by atoms with van der Waals surface area (Å²) < 4.78 is 81.6. The molecule has 0 radical (unpaired) electrons. The SMILES string of the molecule is O=S(O)NC[C@H](NS(=O)(=O)C(F)(F)F)c1ccccc1. The van der Waals surface area contributed by atoms with Crippen molar-refractivity contribution in [2.24, 2.45) is 0 Å². The molecule has 6 nitrogen and oxygen atoms in total. The number of halogens is 3. The van der Waals surface area contributed by atoms with Crippen LogP contribution in [0, 0.1) is 0 Å². The zero-order valence-electron chi connectivity index (χ0n) is 9.79. The molecule has 114 valence electrons. The first kappa shape index (κ1) is 17.0. The van der Waals surface area contributed by atoms with Gasteiger partial charge in [0.05, 0.1) is 6.04 Å². The highest BCUT2D eigenvalue weighted by molar-refractivity contribution is 7.90. The van der Waals surface area contributed by atoms with Crippen molar-refractivity contribution in [3.63, 3.8) is 0 Å². The monoisotopic (exact) mass is 332 g/mol. The van der Waals surface area contributed by atoms with E-state index in [4.69, 9.17) is 4.55 Å². The average molecular weight is 332 g/mol. The Labute approximate surface area is 115 Å². The minimum absolute atomic E-state index is 0.221. The molecule has 0 amide bonds. The number of hydrogen-bond donors (Lipinski definition) is 3. The maximum atomic E-state index is 12.3. The summed E-state index contributed by atoms with van der Waals surface area (Å²) in [6.07, 6.45) is 0. The smallest absolute Gasteiger partial charge is 0.294 e. The fraction of sp³-hybridized carbons (Fsp3) is 0.333. The molecule has 0 aliphatic heterocycles. The van der Waals surface area contributed by atoms with Gasteiger partial charge in [-0.25, -0.2) is 17.3 Å². The Morgan fingerprint density at radius 2 is 1.80 bits per heavy atom. The van der Waals surface area contributed by atoms with E-state index in [0.29, 0.717) is 0 Å². The highest BCUT2D eigenvalue weighted by Gasteiger charge is 2.46. The molecule has 0 bridgehead atoms. The van der Waals surface area contributed by atoms with Crippen molar-refractivity contribution in [3.05, 3.63) is 35.9 Å². The second kappa shape index (κ2) is 6.63. The first-order valence-electron chi connectivity index (χ1n) is 5.11. The molecule has 0 saturated carbocycles. The standard InChI is InChI=1S/C9H11F3N2O4S2/c10-9(11,12)20(17,18)14-8(6-13-19(15)16)7-4-2-1-3-5-7/h1-5,8,13-14H,6H2,(H,15,16)/t8-/m0/s1. The Balaban J connectivity index is 2.98. The molecule has 1 unspecified atom stereocenters. The van der Waals surface area contributed by atoms with E-state index in [2.05, 4.69) is 0 Å². The third kappa shape index (κ3) is 4.83. The fourth-order valence-corrected chi connectivity index (χ4v) is 2.36. The molecule has 0 aliphatic carbocycles. The summed E-state index contributed by atoms with van der Waals surface area (Å²) in [5, 5.41) is 0. The van der Waals surface area contributed by atoms with Gasteiger partial charge in [-0.2, -0.15) is 17.9 Å². The molecule has 3 N–H and O–H groups in total. The summed E-state index contributed by atoms with van der Waals surface area (Å²) in [6.45, 7) is -0.484. The lowest BCUT2D eigenvalue weighted by Gasteiger charge is -2.19. The summed E-state index contributed by atoms with van der Waals surface area (Å²) in [5.41, 5.74) is -5.24. The molecular formula is C9H11F3N2O4S2. The van der Waals surface area contributed by atoms with Crippen LogP contribution in [0.25, 0.3) is 0 Å². The number of alkyl halides is 3. The van der Waals surface area contributed by atoms with Crippen LogP contribution < -0.4 is 9.44 Å². The van der Waals surface area contributed by atoms with Gasteiger partial charge >= 0.3 is 15.5 Å². The van der Waals surface area contributed by atoms with Gasteiger partial charge < -0.3 is 0 Å². The lowest BCUT2D eigenvalue weighted by atomic mass is 10.1. The molecule has 20 heavy (non-hydrogen) atoms. The van der Waals surface area contributed by atoms with Crippen molar-refractivity contribution >= 4 is 21.3 Å². The largest absolute Gasteiger partial charge is 0.511 e. The van der Waals surface area contributed by atoms with E-state index in [1.54, 1.807) is 6.07 Å². The van der Waals surface area contributed by atoms with Crippen LogP contribution in [0.4, 0.5) is 13.2 Å². The van der Waals surface area contributed by atoms with Crippen LogP contribution in [0.15, 0.2) is 30.3 Å². The highest BCUT2D eigenvalue weighted by atomic mass is 32.2. The number of rotatable bonds is 6. The summed E-state index contributed by atoms with van der Waals surface area (Å²) in [5.74, 6) is 0. The van der Waals surface area contributed by atoms with Crippen LogP contribution in [-0.4, -0.2) is 29.2 Å². The van der Waals surface area contributed by atoms with Crippen molar-refractivity contribution in [1.29, 1.82) is 0 Å². The molecule has 1 aromatic carbocycles. The zero-order valence-corrected chi connectivity index (χ0v) is 11.4. The lowest BCUT2D eigenvalue weighted by molar-refractivity contribution is -0.0450. The van der Waals surface area contributed by atoms with E-state index in [-0.39, 0.29) is 5.56 Å². The van der Waals surface area contributed by atoms with Gasteiger partial charge in [0.1, 0.15) is 0 Å². The second-order valence-corrected chi connectivity index (χ2v) is 6.12. The third-order valence-corrected chi connectivity index (χ3v) is 3.83. The van der Waals surface area contributed by atoms with Gasteiger partial charge in [-0.05, 0) is 5.56 Å². The first-order valence-corrected chi connectivity index (χ1v) is 7.70. The van der Waals surface area contributed by atoms with Gasteiger partial charge in [-0.15, -0.1) is 0 Å². The van der Waals surface area contributed by atoms with Gasteiger partial charge in [0.2, 0.25) is 11.3 Å². The highest BCUT2D eigenvalue weighted by Crippen LogP contribution is 2.24. The average Bonchev–Trinajstić information content (AvgIpc) is 2.34. The van der Waals surface area contributed by atoms with Crippen molar-refractivity contribution < 1.29 is 30.4 Å². The van der Waals surface area contributed by atoms with E-state index < -0.39 is 39.4 Å². The molecule has 0 aromatic heterocycles. The Morgan fingerprint density at radius 3 is 2.25 bits per heavy atom. The van der Waals surface area contributed by atoms with E-state index in [0.717, 1.165) is 0 Å². The Kier molecular flexibility index (Phi) is 5.65. The van der Waals surface area contributed by atoms with Crippen LogP contribution in [0.1, 0.15) is 11.6 Å². The summed E-state index contributed by atoms with van der Waals surface area (Å²) in [7, 11) is -5.56. The quantitative estimate of drug-likeness (QED) is 0.674. The van der Waals surface area contributed by atoms with E-state index in [1.807, 2.05) is 4.72 Å².